The van der Waals surface area contributed by atoms with Crippen molar-refractivity contribution in [2.75, 3.05) is 0 Å². The van der Waals surface area contributed by atoms with Crippen LogP contribution in [-0.4, -0.2) is 16.6 Å². The third kappa shape index (κ3) is 1.73. The minimum atomic E-state index is -0.944. The first-order chi connectivity index (χ1) is 5.08. The maximum absolute atomic E-state index is 10.5. The Morgan fingerprint density at radius 1 is 1.73 bits per heavy atom. The molecule has 1 saturated carbocycles. The van der Waals surface area contributed by atoms with Crippen molar-refractivity contribution >= 4 is 28.6 Å². The first-order valence-electron chi connectivity index (χ1n) is 3.37. The Balaban J connectivity index is 2.44. The number of carbonyl (C=O) groups is 1. The van der Waals surface area contributed by atoms with Gasteiger partial charge in [0.05, 0.1) is 0 Å². The van der Waals surface area contributed by atoms with Crippen molar-refractivity contribution in [2.45, 2.75) is 18.4 Å². The van der Waals surface area contributed by atoms with Gasteiger partial charge >= 0.3 is 5.97 Å². The Labute approximate surface area is 78.8 Å². The van der Waals surface area contributed by atoms with Crippen molar-refractivity contribution in [1.29, 1.82) is 0 Å². The summed E-state index contributed by atoms with van der Waals surface area (Å²) in [5, 5.41) is 8.63. The highest BCUT2D eigenvalue weighted by atomic mass is 123. The summed E-state index contributed by atoms with van der Waals surface area (Å²) in [5.74, 6) is -0.511. The number of rotatable bonds is 2. The molecule has 3 nitrogen and oxygen atoms in total. The number of carboxylic acid groups (broad SMARTS) is 1. The van der Waals surface area contributed by atoms with E-state index in [1.807, 2.05) is 10.2 Å². The second-order valence-electron chi connectivity index (χ2n) is 2.95. The average molecular weight is 263 g/mol. The van der Waals surface area contributed by atoms with Crippen LogP contribution in [0.3, 0.4) is 0 Å². The Morgan fingerprint density at radius 3 is 2.64 bits per heavy atom. The molecule has 1 rings (SSSR count). The fourth-order valence-electron chi connectivity index (χ4n) is 1.29. The molecule has 0 aliphatic heterocycles. The molecule has 0 atom stereocenters. The third-order valence-corrected chi connectivity index (χ3v) is 2.44. The molecule has 0 amide bonds. The maximum Gasteiger partial charge on any atom is 0.323 e. The zero-order chi connectivity index (χ0) is 8.48. The summed E-state index contributed by atoms with van der Waals surface area (Å²) in [5.41, 5.74) is 4.59. The summed E-state index contributed by atoms with van der Waals surface area (Å²) in [6.07, 6.45) is 3.14. The number of hydrogen-bond acceptors (Lipinski definition) is 2. The quantitative estimate of drug-likeness (QED) is 0.734. The van der Waals surface area contributed by atoms with Crippen LogP contribution in [-0.2, 0) is 4.79 Å². The molecule has 0 aromatic heterocycles. The molecule has 4 heteroatoms. The van der Waals surface area contributed by atoms with Crippen LogP contribution in [0.2, 0.25) is 0 Å². The Hall–Kier alpha value is -0.100. The zero-order valence-electron chi connectivity index (χ0n) is 5.96. The largest absolute Gasteiger partial charge is 0.480 e. The average Bonchev–Trinajstić information content (AvgIpc) is 1.84. The van der Waals surface area contributed by atoms with E-state index in [0.29, 0.717) is 18.8 Å². The number of aliphatic carboxylic acids is 1. The Kier molecular flexibility index (Phi) is 2.54. The Morgan fingerprint density at radius 2 is 2.27 bits per heavy atom. The smallest absolute Gasteiger partial charge is 0.323 e. The van der Waals surface area contributed by atoms with Crippen LogP contribution in [0.1, 0.15) is 12.8 Å². The second-order valence-corrected chi connectivity index (χ2v) is 3.67. The lowest BCUT2D eigenvalue weighted by Crippen LogP contribution is -2.57. The number of carboxylic acids is 1. The standard InChI is InChI=1S/C7H10INO2/c8-2-1-5-3-7(9,4-5)6(10)11/h1-2,5H,3-4,9H2,(H,10,11)/b2-1+/i8-4. The van der Waals surface area contributed by atoms with Gasteiger partial charge in [-0.2, -0.15) is 0 Å². The molecule has 0 spiro atoms. The van der Waals surface area contributed by atoms with E-state index in [0.717, 1.165) is 0 Å². The van der Waals surface area contributed by atoms with Crippen LogP contribution in [0.5, 0.6) is 0 Å². The van der Waals surface area contributed by atoms with E-state index in [1.54, 1.807) is 0 Å². The van der Waals surface area contributed by atoms with Crippen molar-refractivity contribution < 1.29 is 9.90 Å². The zero-order valence-corrected chi connectivity index (χ0v) is 8.11. The molecule has 0 aromatic rings. The van der Waals surface area contributed by atoms with E-state index in [4.69, 9.17) is 10.8 Å². The highest BCUT2D eigenvalue weighted by Gasteiger charge is 2.45. The van der Waals surface area contributed by atoms with Crippen molar-refractivity contribution in [3.8, 4) is 0 Å². The molecule has 3 N–H and O–H groups in total. The van der Waals surface area contributed by atoms with Crippen molar-refractivity contribution in [2.24, 2.45) is 11.7 Å². The normalized spacial score (nSPS) is 37.1. The summed E-state index contributed by atoms with van der Waals surface area (Å²) >= 11 is 2.12. The molecule has 1 aliphatic rings. The first-order valence-corrected chi connectivity index (χ1v) is 4.62. The van der Waals surface area contributed by atoms with Gasteiger partial charge < -0.3 is 10.8 Å². The van der Waals surface area contributed by atoms with Crippen LogP contribution in [0.4, 0.5) is 0 Å². The predicted molar refractivity (Wildman–Crippen MR) is 50.4 cm³/mol. The minimum Gasteiger partial charge on any atom is -0.480 e. The summed E-state index contributed by atoms with van der Waals surface area (Å²) in [6, 6.07) is 0. The molecule has 0 heterocycles. The Bertz CT molecular complexity index is 197. The molecule has 0 saturated heterocycles. The molecule has 0 aromatic carbocycles. The monoisotopic (exact) mass is 263 g/mol. The lowest BCUT2D eigenvalue weighted by atomic mass is 9.69. The molecule has 1 fully saturated rings. The molecule has 0 radical (unpaired) electrons. The van der Waals surface area contributed by atoms with E-state index in [1.165, 1.54) is 0 Å². The van der Waals surface area contributed by atoms with Gasteiger partial charge in [-0.05, 0) is 22.8 Å². The lowest BCUT2D eigenvalue weighted by molar-refractivity contribution is -0.147. The fourth-order valence-corrected chi connectivity index (χ4v) is 1.88. The summed E-state index contributed by atoms with van der Waals surface area (Å²) < 4.78 is 1.91. The fraction of sp³-hybridized carbons (Fsp3) is 0.571. The van der Waals surface area contributed by atoms with Crippen LogP contribution in [0.25, 0.3) is 0 Å². The number of hydrogen-bond donors (Lipinski definition) is 2. The van der Waals surface area contributed by atoms with Crippen LogP contribution >= 0.6 is 22.6 Å². The molecular formula is C7H10INO2. The number of allylic oxidation sites excluding steroid dienone is 1. The van der Waals surface area contributed by atoms with Gasteiger partial charge in [0.1, 0.15) is 5.54 Å². The van der Waals surface area contributed by atoms with Crippen LogP contribution < -0.4 is 5.73 Å². The third-order valence-electron chi connectivity index (χ3n) is 2.02. The number of halogens is 1. The van der Waals surface area contributed by atoms with Gasteiger partial charge in [0, 0.05) is 0 Å². The van der Waals surface area contributed by atoms with Crippen molar-refractivity contribution in [1.82, 2.24) is 0 Å². The summed E-state index contributed by atoms with van der Waals surface area (Å²) in [6.45, 7) is 0. The second kappa shape index (κ2) is 3.10. The van der Waals surface area contributed by atoms with E-state index in [2.05, 4.69) is 22.6 Å². The SMILES string of the molecule is NC1(C(=O)O)CC(/C=C/[123I])C1. The van der Waals surface area contributed by atoms with E-state index < -0.39 is 11.5 Å². The molecule has 62 valence electrons. The van der Waals surface area contributed by atoms with Crippen molar-refractivity contribution in [3.63, 3.8) is 0 Å². The maximum atomic E-state index is 10.5. The molecule has 0 bridgehead atoms. The molecule has 1 aliphatic carbocycles. The van der Waals surface area contributed by atoms with Gasteiger partial charge in [0.2, 0.25) is 0 Å². The lowest BCUT2D eigenvalue weighted by Gasteiger charge is -2.39. The van der Waals surface area contributed by atoms with E-state index >= 15 is 0 Å². The molecular weight excluding hydrogens is 253 g/mol. The number of nitrogens with two attached hydrogens (primary N) is 1. The first kappa shape index (κ1) is 8.99. The highest BCUT2D eigenvalue weighted by molar-refractivity contribution is 14.1. The van der Waals surface area contributed by atoms with E-state index in [-0.39, 0.29) is 0 Å². The molecule has 11 heavy (non-hydrogen) atoms. The van der Waals surface area contributed by atoms with Crippen molar-refractivity contribution in [3.05, 3.63) is 10.2 Å². The highest BCUT2D eigenvalue weighted by Crippen LogP contribution is 2.36. The van der Waals surface area contributed by atoms with Gasteiger partial charge in [-0.15, -0.1) is 0 Å². The van der Waals surface area contributed by atoms with Gasteiger partial charge in [0.15, 0.2) is 0 Å². The van der Waals surface area contributed by atoms with Crippen LogP contribution in [0.15, 0.2) is 10.2 Å². The van der Waals surface area contributed by atoms with Gasteiger partial charge in [0.25, 0.3) is 0 Å². The predicted octanol–water partition coefficient (Wildman–Crippen LogP) is 1.13. The van der Waals surface area contributed by atoms with Gasteiger partial charge in [-0.1, -0.05) is 28.7 Å². The molecule has 0 unspecified atom stereocenters. The van der Waals surface area contributed by atoms with Crippen LogP contribution in [0, 0.1) is 5.92 Å². The van der Waals surface area contributed by atoms with E-state index in [9.17, 15) is 4.79 Å². The summed E-state index contributed by atoms with van der Waals surface area (Å²) in [4.78, 5) is 10.5. The topological polar surface area (TPSA) is 63.3 Å². The van der Waals surface area contributed by atoms with Gasteiger partial charge in [-0.25, -0.2) is 0 Å². The minimum absolute atomic E-state index is 0.369. The summed E-state index contributed by atoms with van der Waals surface area (Å²) in [7, 11) is 0. The van der Waals surface area contributed by atoms with Gasteiger partial charge in [-0.3, -0.25) is 4.79 Å².